The summed E-state index contributed by atoms with van der Waals surface area (Å²) in [4.78, 5) is 9.81. The van der Waals surface area contributed by atoms with Gasteiger partial charge in [0.2, 0.25) is 0 Å². The first-order valence-electron chi connectivity index (χ1n) is 3.34. The monoisotopic (exact) mass is 133 g/mol. The molecule has 0 fully saturated rings. The normalized spacial score (nSPS) is 5.56. The van der Waals surface area contributed by atoms with Crippen LogP contribution in [0.4, 0.5) is 0 Å². The van der Waals surface area contributed by atoms with Crippen LogP contribution in [0, 0.1) is 0 Å². The van der Waals surface area contributed by atoms with Gasteiger partial charge < -0.3 is 10.5 Å². The average Bonchev–Trinajstić information content (AvgIpc) is 1.97. The Morgan fingerprint density at radius 1 is 1.33 bits per heavy atom. The second-order valence-corrected chi connectivity index (χ2v) is 1.06. The van der Waals surface area contributed by atoms with Crippen molar-refractivity contribution in [2.75, 3.05) is 7.05 Å². The fourth-order valence-electron chi connectivity index (χ4n) is 0. The van der Waals surface area contributed by atoms with Crippen molar-refractivity contribution in [2.45, 2.75) is 34.1 Å². The molecule has 0 saturated heterocycles. The molecule has 0 amide bonds. The van der Waals surface area contributed by atoms with Crippen LogP contribution in [0.3, 0.4) is 0 Å². The van der Waals surface area contributed by atoms with E-state index in [-0.39, 0.29) is 5.78 Å². The van der Waals surface area contributed by atoms with Gasteiger partial charge in [-0.1, -0.05) is 20.8 Å². The molecule has 0 bridgehead atoms. The Bertz CT molecular complexity index is 44.2. The Morgan fingerprint density at radius 2 is 1.44 bits per heavy atom. The van der Waals surface area contributed by atoms with Gasteiger partial charge in [-0.05, 0) is 14.0 Å². The molecule has 0 unspecified atom stereocenters. The second-order valence-electron chi connectivity index (χ2n) is 1.06. The molecule has 0 radical (unpaired) electrons. The van der Waals surface area contributed by atoms with Gasteiger partial charge in [0.25, 0.3) is 0 Å². The molecular formula is C7H19NO. The standard InChI is InChI=1S/C4H8O.C2H6.CH5N/c1-3-4(2)5;2*1-2/h3H2,1-2H3;1-2H3;2H2,1H3. The van der Waals surface area contributed by atoms with Gasteiger partial charge in [0.15, 0.2) is 0 Å². The van der Waals surface area contributed by atoms with Crippen molar-refractivity contribution in [3.05, 3.63) is 0 Å². The van der Waals surface area contributed by atoms with Crippen molar-refractivity contribution in [2.24, 2.45) is 5.73 Å². The molecule has 2 nitrogen and oxygen atoms in total. The molecule has 0 atom stereocenters. The van der Waals surface area contributed by atoms with Gasteiger partial charge in [-0.3, -0.25) is 0 Å². The third kappa shape index (κ3) is 91.0. The van der Waals surface area contributed by atoms with Crippen molar-refractivity contribution in [3.8, 4) is 0 Å². The summed E-state index contributed by atoms with van der Waals surface area (Å²) in [6.07, 6.45) is 0.667. The molecule has 58 valence electrons. The van der Waals surface area contributed by atoms with E-state index in [9.17, 15) is 4.79 Å². The minimum Gasteiger partial charge on any atom is -0.333 e. The van der Waals surface area contributed by atoms with Gasteiger partial charge in [-0.15, -0.1) is 0 Å². The summed E-state index contributed by atoms with van der Waals surface area (Å²) < 4.78 is 0. The first-order valence-corrected chi connectivity index (χ1v) is 3.34. The third-order valence-electron chi connectivity index (χ3n) is 0.498. The van der Waals surface area contributed by atoms with E-state index in [0.717, 1.165) is 0 Å². The molecule has 0 heterocycles. The Morgan fingerprint density at radius 3 is 1.44 bits per heavy atom. The van der Waals surface area contributed by atoms with Crippen LogP contribution >= 0.6 is 0 Å². The zero-order valence-electron chi connectivity index (χ0n) is 7.19. The van der Waals surface area contributed by atoms with Gasteiger partial charge in [-0.2, -0.15) is 0 Å². The highest BCUT2D eigenvalue weighted by atomic mass is 16.1. The molecule has 0 aliphatic carbocycles. The molecule has 0 aromatic carbocycles. The van der Waals surface area contributed by atoms with Crippen LogP contribution < -0.4 is 5.73 Å². The zero-order chi connectivity index (χ0) is 8.28. The topological polar surface area (TPSA) is 43.1 Å². The smallest absolute Gasteiger partial charge is 0.129 e. The maximum absolute atomic E-state index is 9.81. The Labute approximate surface area is 58.4 Å². The first-order chi connectivity index (χ1) is 4.27. The van der Waals surface area contributed by atoms with Crippen LogP contribution in [0.25, 0.3) is 0 Å². The van der Waals surface area contributed by atoms with Crippen molar-refractivity contribution < 1.29 is 4.79 Å². The highest BCUT2D eigenvalue weighted by Crippen LogP contribution is 1.71. The molecule has 9 heavy (non-hydrogen) atoms. The molecule has 0 saturated carbocycles. The van der Waals surface area contributed by atoms with E-state index in [2.05, 4.69) is 5.73 Å². The van der Waals surface area contributed by atoms with Crippen LogP contribution in [0.15, 0.2) is 0 Å². The SMILES string of the molecule is CC.CCC(C)=O.CN. The average molecular weight is 133 g/mol. The first kappa shape index (κ1) is 15.9. The van der Waals surface area contributed by atoms with Crippen LogP contribution in [-0.2, 0) is 4.79 Å². The van der Waals surface area contributed by atoms with Crippen LogP contribution in [0.2, 0.25) is 0 Å². The number of nitrogens with two attached hydrogens (primary N) is 1. The maximum Gasteiger partial charge on any atom is 0.129 e. The summed E-state index contributed by atoms with van der Waals surface area (Å²) in [6, 6.07) is 0. The summed E-state index contributed by atoms with van der Waals surface area (Å²) in [5.41, 5.74) is 4.50. The van der Waals surface area contributed by atoms with E-state index < -0.39 is 0 Å². The van der Waals surface area contributed by atoms with E-state index in [1.54, 1.807) is 6.92 Å². The molecule has 2 heteroatoms. The minimum atomic E-state index is 0.255. The van der Waals surface area contributed by atoms with E-state index in [0.29, 0.717) is 6.42 Å². The lowest BCUT2D eigenvalue weighted by atomic mass is 10.4. The highest BCUT2D eigenvalue weighted by molar-refractivity contribution is 5.74. The zero-order valence-corrected chi connectivity index (χ0v) is 7.19. The number of hydrogen-bond acceptors (Lipinski definition) is 2. The Kier molecular flexibility index (Phi) is 44.8. The number of carbonyl (C=O) groups is 1. The molecule has 0 aromatic heterocycles. The number of rotatable bonds is 1. The van der Waals surface area contributed by atoms with Gasteiger partial charge in [0.1, 0.15) is 5.78 Å². The van der Waals surface area contributed by atoms with Gasteiger partial charge in [-0.25, -0.2) is 0 Å². The van der Waals surface area contributed by atoms with Gasteiger partial charge in [0, 0.05) is 6.42 Å². The lowest BCUT2D eigenvalue weighted by Gasteiger charge is -1.71. The van der Waals surface area contributed by atoms with Crippen molar-refractivity contribution in [1.82, 2.24) is 0 Å². The molecule has 2 N–H and O–H groups in total. The minimum absolute atomic E-state index is 0.255. The summed E-state index contributed by atoms with van der Waals surface area (Å²) in [7, 11) is 1.50. The number of carbonyl (C=O) groups excluding carboxylic acids is 1. The number of Topliss-reactive ketones (excluding diaryl/α,β-unsaturated/α-hetero) is 1. The van der Waals surface area contributed by atoms with E-state index >= 15 is 0 Å². The van der Waals surface area contributed by atoms with E-state index in [1.165, 1.54) is 7.05 Å². The summed E-state index contributed by atoms with van der Waals surface area (Å²) >= 11 is 0. The predicted octanol–water partition coefficient (Wildman–Crippen LogP) is 1.59. The van der Waals surface area contributed by atoms with E-state index in [1.807, 2.05) is 20.8 Å². The van der Waals surface area contributed by atoms with Crippen LogP contribution in [-0.4, -0.2) is 12.8 Å². The highest BCUT2D eigenvalue weighted by Gasteiger charge is 1.76. The molecule has 0 spiro atoms. The summed E-state index contributed by atoms with van der Waals surface area (Å²) in [5, 5.41) is 0. The molecule has 0 aliphatic heterocycles. The fourth-order valence-corrected chi connectivity index (χ4v) is 0. The summed E-state index contributed by atoms with van der Waals surface area (Å²) in [5.74, 6) is 0.255. The third-order valence-corrected chi connectivity index (χ3v) is 0.498. The van der Waals surface area contributed by atoms with Crippen molar-refractivity contribution in [1.29, 1.82) is 0 Å². The van der Waals surface area contributed by atoms with Crippen LogP contribution in [0.5, 0.6) is 0 Å². The largest absolute Gasteiger partial charge is 0.333 e. The lowest BCUT2D eigenvalue weighted by molar-refractivity contribution is -0.116. The number of hydrogen-bond donors (Lipinski definition) is 1. The second kappa shape index (κ2) is 25.5. The fraction of sp³-hybridized carbons (Fsp3) is 0.857. The Hall–Kier alpha value is -0.370. The van der Waals surface area contributed by atoms with E-state index in [4.69, 9.17) is 0 Å². The van der Waals surface area contributed by atoms with Crippen molar-refractivity contribution in [3.63, 3.8) is 0 Å². The molecule has 0 aliphatic rings. The van der Waals surface area contributed by atoms with Crippen molar-refractivity contribution >= 4 is 5.78 Å². The van der Waals surface area contributed by atoms with Crippen LogP contribution in [0.1, 0.15) is 34.1 Å². The summed E-state index contributed by atoms with van der Waals surface area (Å²) in [6.45, 7) is 7.43. The van der Waals surface area contributed by atoms with Gasteiger partial charge in [0.05, 0.1) is 0 Å². The molecule has 0 aromatic rings. The number of ketones is 1. The lowest BCUT2D eigenvalue weighted by Crippen LogP contribution is -1.80. The van der Waals surface area contributed by atoms with Gasteiger partial charge >= 0.3 is 0 Å². The Balaban J connectivity index is -0.0000000771. The molecular weight excluding hydrogens is 114 g/mol. The predicted molar refractivity (Wildman–Crippen MR) is 42.4 cm³/mol. The maximum atomic E-state index is 9.81. The molecule has 0 rings (SSSR count). The quantitative estimate of drug-likeness (QED) is 0.590.